The molecule has 1 aliphatic rings. The van der Waals surface area contributed by atoms with Crippen LogP contribution in [-0.4, -0.2) is 23.2 Å². The molecule has 5 heteroatoms. The van der Waals surface area contributed by atoms with Crippen molar-refractivity contribution in [2.45, 2.75) is 38.2 Å². The summed E-state index contributed by atoms with van der Waals surface area (Å²) in [6.45, 7) is 2.45. The van der Waals surface area contributed by atoms with Gasteiger partial charge >= 0.3 is 0 Å². The number of benzene rings is 1. The van der Waals surface area contributed by atoms with Gasteiger partial charge in [-0.3, -0.25) is 4.79 Å². The number of aliphatic hydroxyl groups is 1. The Labute approximate surface area is 138 Å². The van der Waals surface area contributed by atoms with Crippen LogP contribution in [0.15, 0.2) is 18.2 Å². The van der Waals surface area contributed by atoms with Crippen molar-refractivity contribution in [3.63, 3.8) is 0 Å². The topological polar surface area (TPSA) is 49.3 Å². The Hall–Kier alpha value is -0.330. The van der Waals surface area contributed by atoms with E-state index in [2.05, 4.69) is 34.8 Å². The molecule has 0 bridgehead atoms. The van der Waals surface area contributed by atoms with Crippen molar-refractivity contribution >= 4 is 40.1 Å². The van der Waals surface area contributed by atoms with Gasteiger partial charge in [-0.1, -0.05) is 31.4 Å². The van der Waals surface area contributed by atoms with Gasteiger partial charge in [-0.05, 0) is 59.5 Å². The summed E-state index contributed by atoms with van der Waals surface area (Å²) in [4.78, 5) is 12.2. The molecule has 3 nitrogen and oxygen atoms in total. The molecule has 0 aliphatic heterocycles. The summed E-state index contributed by atoms with van der Waals surface area (Å²) < 4.78 is 0.855. The first-order valence-electron chi connectivity index (χ1n) is 6.85. The maximum absolute atomic E-state index is 12.2. The Morgan fingerprint density at radius 3 is 3.05 bits per heavy atom. The third kappa shape index (κ3) is 4.09. The highest BCUT2D eigenvalue weighted by Gasteiger charge is 2.33. The van der Waals surface area contributed by atoms with E-state index in [9.17, 15) is 9.90 Å². The maximum Gasteiger partial charge on any atom is 0.252 e. The van der Waals surface area contributed by atoms with Crippen LogP contribution in [-0.2, 0) is 0 Å². The van der Waals surface area contributed by atoms with E-state index in [0.717, 1.165) is 29.3 Å². The number of amides is 1. The van der Waals surface area contributed by atoms with E-state index in [-0.39, 0.29) is 5.91 Å². The number of carbonyl (C=O) groups excluding carboxylic acids is 1. The predicted molar refractivity (Wildman–Crippen MR) is 89.1 cm³/mol. The van der Waals surface area contributed by atoms with Gasteiger partial charge < -0.3 is 10.4 Å². The van der Waals surface area contributed by atoms with Crippen molar-refractivity contribution in [2.75, 3.05) is 6.54 Å². The highest BCUT2D eigenvalue weighted by molar-refractivity contribution is 14.1. The molecule has 0 radical (unpaired) electrons. The zero-order chi connectivity index (χ0) is 14.8. The molecule has 1 amide bonds. The van der Waals surface area contributed by atoms with E-state index in [1.54, 1.807) is 12.1 Å². The summed E-state index contributed by atoms with van der Waals surface area (Å²) in [6.07, 6.45) is 3.68. The van der Waals surface area contributed by atoms with Crippen LogP contribution in [0.25, 0.3) is 0 Å². The molecule has 0 spiro atoms. The van der Waals surface area contributed by atoms with Crippen LogP contribution < -0.4 is 5.32 Å². The van der Waals surface area contributed by atoms with E-state index in [1.807, 2.05) is 6.07 Å². The van der Waals surface area contributed by atoms with Crippen LogP contribution in [0.2, 0.25) is 5.02 Å². The molecule has 2 atom stereocenters. The van der Waals surface area contributed by atoms with Crippen LogP contribution in [0, 0.1) is 9.49 Å². The number of halogens is 2. The van der Waals surface area contributed by atoms with Crippen molar-refractivity contribution < 1.29 is 9.90 Å². The lowest BCUT2D eigenvalue weighted by Crippen LogP contribution is -2.45. The minimum Gasteiger partial charge on any atom is -0.388 e. The van der Waals surface area contributed by atoms with E-state index in [0.29, 0.717) is 23.0 Å². The molecule has 0 heterocycles. The summed E-state index contributed by atoms with van der Waals surface area (Å²) in [6, 6.07) is 5.23. The lowest BCUT2D eigenvalue weighted by Gasteiger charge is -2.35. The first kappa shape index (κ1) is 16.0. The number of hydrogen-bond donors (Lipinski definition) is 2. The Bertz CT molecular complexity index is 509. The summed E-state index contributed by atoms with van der Waals surface area (Å²) >= 11 is 8.03. The Morgan fingerprint density at radius 1 is 1.60 bits per heavy atom. The zero-order valence-electron chi connectivity index (χ0n) is 11.5. The SMILES string of the molecule is CC1CCCC(O)(CNC(=O)c2cc(Cl)ccc2I)C1. The maximum atomic E-state index is 12.2. The van der Waals surface area contributed by atoms with Gasteiger partial charge in [-0.25, -0.2) is 0 Å². The number of hydrogen-bond acceptors (Lipinski definition) is 2. The van der Waals surface area contributed by atoms with Crippen LogP contribution >= 0.6 is 34.2 Å². The van der Waals surface area contributed by atoms with Gasteiger partial charge in [-0.15, -0.1) is 0 Å². The molecule has 1 aromatic carbocycles. The molecular weight excluding hydrogens is 389 g/mol. The lowest BCUT2D eigenvalue weighted by molar-refractivity contribution is -0.0109. The molecule has 0 saturated heterocycles. The van der Waals surface area contributed by atoms with Gasteiger partial charge in [0.05, 0.1) is 11.2 Å². The van der Waals surface area contributed by atoms with Gasteiger partial charge in [0.1, 0.15) is 0 Å². The minimum absolute atomic E-state index is 0.177. The highest BCUT2D eigenvalue weighted by atomic mass is 127. The lowest BCUT2D eigenvalue weighted by atomic mass is 9.79. The van der Waals surface area contributed by atoms with E-state index in [1.165, 1.54) is 0 Å². The number of nitrogens with one attached hydrogen (secondary N) is 1. The second-order valence-electron chi connectivity index (χ2n) is 5.73. The Kier molecular flexibility index (Phi) is 5.31. The smallest absolute Gasteiger partial charge is 0.252 e. The monoisotopic (exact) mass is 407 g/mol. The second kappa shape index (κ2) is 6.62. The standard InChI is InChI=1S/C15H19ClINO2/c1-10-3-2-6-15(20,8-10)9-18-14(19)12-7-11(16)4-5-13(12)17/h4-5,7,10,20H,2-3,6,8-9H2,1H3,(H,18,19). The second-order valence-corrected chi connectivity index (χ2v) is 7.33. The first-order valence-corrected chi connectivity index (χ1v) is 8.31. The van der Waals surface area contributed by atoms with Crippen molar-refractivity contribution in [1.29, 1.82) is 0 Å². The molecule has 1 aliphatic carbocycles. The minimum atomic E-state index is -0.767. The molecule has 0 aromatic heterocycles. The molecule has 2 unspecified atom stereocenters. The van der Waals surface area contributed by atoms with Crippen LogP contribution in [0.4, 0.5) is 0 Å². The van der Waals surface area contributed by atoms with E-state index in [4.69, 9.17) is 11.6 Å². The van der Waals surface area contributed by atoms with Crippen molar-refractivity contribution in [3.8, 4) is 0 Å². The zero-order valence-corrected chi connectivity index (χ0v) is 14.4. The van der Waals surface area contributed by atoms with Gasteiger partial charge in [0, 0.05) is 15.1 Å². The van der Waals surface area contributed by atoms with Gasteiger partial charge in [-0.2, -0.15) is 0 Å². The van der Waals surface area contributed by atoms with Crippen LogP contribution in [0.5, 0.6) is 0 Å². The van der Waals surface area contributed by atoms with Crippen molar-refractivity contribution in [1.82, 2.24) is 5.32 Å². The van der Waals surface area contributed by atoms with Crippen LogP contribution in [0.1, 0.15) is 43.0 Å². The summed E-state index contributed by atoms with van der Waals surface area (Å²) in [5.41, 5.74) is -0.206. The van der Waals surface area contributed by atoms with Gasteiger partial charge in [0.15, 0.2) is 0 Å². The molecular formula is C15H19ClINO2. The fraction of sp³-hybridized carbons (Fsp3) is 0.533. The molecule has 2 N–H and O–H groups in total. The van der Waals surface area contributed by atoms with E-state index >= 15 is 0 Å². The molecule has 1 saturated carbocycles. The third-order valence-corrected chi connectivity index (χ3v) is 4.99. The summed E-state index contributed by atoms with van der Waals surface area (Å²) in [5.74, 6) is 0.334. The van der Waals surface area contributed by atoms with E-state index < -0.39 is 5.60 Å². The summed E-state index contributed by atoms with van der Waals surface area (Å²) in [7, 11) is 0. The Morgan fingerprint density at radius 2 is 2.35 bits per heavy atom. The normalized spacial score (nSPS) is 26.3. The molecule has 110 valence electrons. The quantitative estimate of drug-likeness (QED) is 0.752. The summed E-state index contributed by atoms with van der Waals surface area (Å²) in [5, 5.41) is 13.9. The van der Waals surface area contributed by atoms with Gasteiger partial charge in [0.2, 0.25) is 0 Å². The molecule has 20 heavy (non-hydrogen) atoms. The largest absolute Gasteiger partial charge is 0.388 e. The predicted octanol–water partition coefficient (Wildman–Crippen LogP) is 3.62. The average Bonchev–Trinajstić information content (AvgIpc) is 2.39. The fourth-order valence-electron chi connectivity index (χ4n) is 2.80. The van der Waals surface area contributed by atoms with Crippen molar-refractivity contribution in [3.05, 3.63) is 32.4 Å². The molecule has 2 rings (SSSR count). The van der Waals surface area contributed by atoms with Gasteiger partial charge in [0.25, 0.3) is 5.91 Å². The molecule has 1 fully saturated rings. The van der Waals surface area contributed by atoms with Crippen molar-refractivity contribution in [2.24, 2.45) is 5.92 Å². The third-order valence-electron chi connectivity index (χ3n) is 3.82. The fourth-order valence-corrected chi connectivity index (χ4v) is 3.56. The first-order chi connectivity index (χ1) is 9.39. The van der Waals surface area contributed by atoms with Crippen LogP contribution in [0.3, 0.4) is 0 Å². The average molecular weight is 408 g/mol. The molecule has 1 aromatic rings. The number of rotatable bonds is 3. The number of carbonyl (C=O) groups is 1. The highest BCUT2D eigenvalue weighted by Crippen LogP contribution is 2.31. The Balaban J connectivity index is 1.99.